The minimum atomic E-state index is -0.188. The van der Waals surface area contributed by atoms with E-state index in [-0.39, 0.29) is 11.8 Å². The Morgan fingerprint density at radius 1 is 1.29 bits per heavy atom. The summed E-state index contributed by atoms with van der Waals surface area (Å²) in [6.07, 6.45) is 0. The van der Waals surface area contributed by atoms with Crippen LogP contribution in [0.1, 0.15) is 18.9 Å². The van der Waals surface area contributed by atoms with Crippen LogP contribution in [0.2, 0.25) is 0 Å². The molecule has 2 amide bonds. The molecule has 0 aromatic carbocycles. The van der Waals surface area contributed by atoms with Crippen molar-refractivity contribution in [2.24, 2.45) is 0 Å². The highest BCUT2D eigenvalue weighted by atomic mass is 32.1. The van der Waals surface area contributed by atoms with Gasteiger partial charge in [0.15, 0.2) is 0 Å². The summed E-state index contributed by atoms with van der Waals surface area (Å²) in [6.45, 7) is 3.16. The Balaban J connectivity index is 2.50. The summed E-state index contributed by atoms with van der Waals surface area (Å²) in [5, 5.41) is 13.7. The van der Waals surface area contributed by atoms with Gasteiger partial charge >= 0.3 is 0 Å². The standard InChI is InChI=1S/C7H10N4O2S/c1-4(12)8-3-6-10-11-7(14-6)9-5(2)13/h3H2,1-2H3,(H,8,12)(H,9,11,13). The SMILES string of the molecule is CC(=O)NCc1nnc(NC(C)=O)s1. The zero-order chi connectivity index (χ0) is 10.6. The zero-order valence-electron chi connectivity index (χ0n) is 7.83. The highest BCUT2D eigenvalue weighted by Crippen LogP contribution is 2.14. The van der Waals surface area contributed by atoms with Crippen molar-refractivity contribution in [3.8, 4) is 0 Å². The number of carbonyl (C=O) groups excluding carboxylic acids is 2. The van der Waals surface area contributed by atoms with Crippen LogP contribution in [0.25, 0.3) is 0 Å². The molecule has 0 spiro atoms. The molecule has 1 aromatic rings. The molecule has 2 N–H and O–H groups in total. The smallest absolute Gasteiger partial charge is 0.223 e. The highest BCUT2D eigenvalue weighted by Gasteiger charge is 2.04. The summed E-state index contributed by atoms with van der Waals surface area (Å²) >= 11 is 1.23. The van der Waals surface area contributed by atoms with Crippen molar-refractivity contribution in [2.45, 2.75) is 20.4 Å². The molecule has 1 aromatic heterocycles. The molecule has 0 aliphatic rings. The average Bonchev–Trinajstić information content (AvgIpc) is 2.47. The molecule has 76 valence electrons. The third-order valence-electron chi connectivity index (χ3n) is 1.24. The Morgan fingerprint density at radius 2 is 2.00 bits per heavy atom. The molecule has 0 unspecified atom stereocenters. The number of aromatic nitrogens is 2. The van der Waals surface area contributed by atoms with E-state index in [0.717, 1.165) is 0 Å². The van der Waals surface area contributed by atoms with Gasteiger partial charge in [0.05, 0.1) is 6.54 Å². The lowest BCUT2D eigenvalue weighted by molar-refractivity contribution is -0.119. The minimum absolute atomic E-state index is 0.124. The minimum Gasteiger partial charge on any atom is -0.350 e. The number of nitrogens with zero attached hydrogens (tertiary/aromatic N) is 2. The quantitative estimate of drug-likeness (QED) is 0.749. The topological polar surface area (TPSA) is 84.0 Å². The van der Waals surface area contributed by atoms with Gasteiger partial charge in [0.2, 0.25) is 16.9 Å². The van der Waals surface area contributed by atoms with Gasteiger partial charge in [0.25, 0.3) is 0 Å². The fourth-order valence-electron chi connectivity index (χ4n) is 0.726. The monoisotopic (exact) mass is 214 g/mol. The van der Waals surface area contributed by atoms with Crippen LogP contribution in [-0.4, -0.2) is 22.0 Å². The molecule has 14 heavy (non-hydrogen) atoms. The van der Waals surface area contributed by atoms with Crippen LogP contribution in [0.3, 0.4) is 0 Å². The van der Waals surface area contributed by atoms with Gasteiger partial charge in [-0.1, -0.05) is 11.3 Å². The third-order valence-corrected chi connectivity index (χ3v) is 2.08. The number of amides is 2. The maximum Gasteiger partial charge on any atom is 0.223 e. The molecule has 6 nitrogen and oxygen atoms in total. The third kappa shape index (κ3) is 3.48. The number of hydrogen-bond acceptors (Lipinski definition) is 5. The number of hydrogen-bond donors (Lipinski definition) is 2. The Morgan fingerprint density at radius 3 is 2.57 bits per heavy atom. The predicted molar refractivity (Wildman–Crippen MR) is 51.7 cm³/mol. The van der Waals surface area contributed by atoms with Crippen molar-refractivity contribution < 1.29 is 9.59 Å². The molecule has 0 aliphatic carbocycles. The maximum absolute atomic E-state index is 10.6. The van der Waals surface area contributed by atoms with Crippen LogP contribution in [0.15, 0.2) is 0 Å². The molecular formula is C7H10N4O2S. The van der Waals surface area contributed by atoms with Gasteiger partial charge in [0.1, 0.15) is 5.01 Å². The molecule has 0 fully saturated rings. The van der Waals surface area contributed by atoms with Crippen LogP contribution < -0.4 is 10.6 Å². The van der Waals surface area contributed by atoms with Crippen LogP contribution in [0, 0.1) is 0 Å². The molecular weight excluding hydrogens is 204 g/mol. The lowest BCUT2D eigenvalue weighted by atomic mass is 10.6. The Hall–Kier alpha value is -1.50. The van der Waals surface area contributed by atoms with E-state index in [1.165, 1.54) is 25.2 Å². The number of rotatable bonds is 3. The van der Waals surface area contributed by atoms with Crippen LogP contribution in [0.4, 0.5) is 5.13 Å². The van der Waals surface area contributed by atoms with Gasteiger partial charge in [-0.05, 0) is 0 Å². The van der Waals surface area contributed by atoms with Gasteiger partial charge in [-0.25, -0.2) is 0 Å². The van der Waals surface area contributed by atoms with Crippen molar-refractivity contribution in [1.29, 1.82) is 0 Å². The van der Waals surface area contributed by atoms with Gasteiger partial charge < -0.3 is 10.6 Å². The van der Waals surface area contributed by atoms with E-state index in [0.29, 0.717) is 16.7 Å². The van der Waals surface area contributed by atoms with E-state index in [2.05, 4.69) is 20.8 Å². The summed E-state index contributed by atoms with van der Waals surface area (Å²) in [6, 6.07) is 0. The second-order valence-electron chi connectivity index (χ2n) is 2.59. The summed E-state index contributed by atoms with van der Waals surface area (Å²) in [7, 11) is 0. The van der Waals surface area contributed by atoms with Gasteiger partial charge in [-0.15, -0.1) is 10.2 Å². The first-order chi connectivity index (χ1) is 6.58. The normalized spacial score (nSPS) is 9.57. The van der Waals surface area contributed by atoms with Gasteiger partial charge in [-0.2, -0.15) is 0 Å². The average molecular weight is 214 g/mol. The lowest BCUT2D eigenvalue weighted by Crippen LogP contribution is -2.18. The molecule has 0 saturated heterocycles. The van der Waals surface area contributed by atoms with E-state index < -0.39 is 0 Å². The molecule has 1 rings (SSSR count). The molecule has 0 atom stereocenters. The first-order valence-corrected chi connectivity index (χ1v) is 4.74. The molecule has 0 saturated carbocycles. The van der Waals surface area contributed by atoms with Gasteiger partial charge in [0, 0.05) is 13.8 Å². The summed E-state index contributed by atoms with van der Waals surface area (Å²) in [5.41, 5.74) is 0. The molecule has 7 heteroatoms. The van der Waals surface area contributed by atoms with Crippen LogP contribution in [-0.2, 0) is 16.1 Å². The molecule has 0 bridgehead atoms. The Bertz CT molecular complexity index is 349. The van der Waals surface area contributed by atoms with Crippen molar-refractivity contribution in [3.05, 3.63) is 5.01 Å². The largest absolute Gasteiger partial charge is 0.350 e. The van der Waals surface area contributed by atoms with Crippen molar-refractivity contribution in [3.63, 3.8) is 0 Å². The van der Waals surface area contributed by atoms with Gasteiger partial charge in [-0.3, -0.25) is 9.59 Å². The second kappa shape index (κ2) is 4.66. The first kappa shape index (κ1) is 10.6. The Kier molecular flexibility index (Phi) is 3.52. The van der Waals surface area contributed by atoms with Crippen molar-refractivity contribution in [1.82, 2.24) is 15.5 Å². The first-order valence-electron chi connectivity index (χ1n) is 3.92. The molecule has 0 aliphatic heterocycles. The van der Waals surface area contributed by atoms with Crippen molar-refractivity contribution >= 4 is 28.3 Å². The number of carbonyl (C=O) groups is 2. The number of anilines is 1. The zero-order valence-corrected chi connectivity index (χ0v) is 8.64. The van der Waals surface area contributed by atoms with E-state index in [4.69, 9.17) is 0 Å². The summed E-state index contributed by atoms with van der Waals surface area (Å²) < 4.78 is 0. The lowest BCUT2D eigenvalue weighted by Gasteiger charge is -1.95. The fourth-order valence-corrected chi connectivity index (χ4v) is 1.45. The van der Waals surface area contributed by atoms with Crippen LogP contribution >= 0.6 is 11.3 Å². The molecule has 1 heterocycles. The second-order valence-corrected chi connectivity index (χ2v) is 3.65. The van der Waals surface area contributed by atoms with Crippen molar-refractivity contribution in [2.75, 3.05) is 5.32 Å². The van der Waals surface area contributed by atoms with E-state index >= 15 is 0 Å². The Labute approximate surface area is 84.7 Å². The van der Waals surface area contributed by atoms with E-state index in [1.54, 1.807) is 0 Å². The molecule has 0 radical (unpaired) electrons. The predicted octanol–water partition coefficient (Wildman–Crippen LogP) is 0.133. The number of nitrogens with one attached hydrogen (secondary N) is 2. The summed E-state index contributed by atoms with van der Waals surface area (Å²) in [4.78, 5) is 21.2. The van der Waals surface area contributed by atoms with Crippen LogP contribution in [0.5, 0.6) is 0 Å². The summed E-state index contributed by atoms with van der Waals surface area (Å²) in [5.74, 6) is -0.312. The fraction of sp³-hybridized carbons (Fsp3) is 0.429. The maximum atomic E-state index is 10.6. The van der Waals surface area contributed by atoms with E-state index in [9.17, 15) is 9.59 Å². The highest BCUT2D eigenvalue weighted by molar-refractivity contribution is 7.15. The van der Waals surface area contributed by atoms with E-state index in [1.807, 2.05) is 0 Å².